The van der Waals surface area contributed by atoms with Crippen molar-refractivity contribution in [2.75, 3.05) is 0 Å². The number of aliphatic imine (C=N–C) groups is 1. The van der Waals surface area contributed by atoms with E-state index < -0.39 is 0 Å². The minimum Gasteiger partial charge on any atom is -0.250 e. The van der Waals surface area contributed by atoms with Crippen LogP contribution in [0.2, 0.25) is 0 Å². The molecule has 0 saturated heterocycles. The molecule has 1 unspecified atom stereocenters. The van der Waals surface area contributed by atoms with Crippen LogP contribution in [0.4, 0.5) is 0 Å². The molecule has 2 aliphatic rings. The van der Waals surface area contributed by atoms with Crippen molar-refractivity contribution in [3.05, 3.63) is 155 Å². The summed E-state index contributed by atoms with van der Waals surface area (Å²) in [6, 6.07) is 44.5. The second kappa shape index (κ2) is 9.57. The first-order valence-electron chi connectivity index (χ1n) is 13.1. The minimum atomic E-state index is 0.152. The fourth-order valence-corrected chi connectivity index (χ4v) is 5.57. The van der Waals surface area contributed by atoms with Crippen LogP contribution in [0.3, 0.4) is 0 Å². The molecule has 38 heavy (non-hydrogen) atoms. The molecule has 0 amide bonds. The molecular formula is C36H26N2. The highest BCUT2D eigenvalue weighted by atomic mass is 14.8. The Balaban J connectivity index is 1.55. The van der Waals surface area contributed by atoms with Gasteiger partial charge in [-0.15, -0.1) is 0 Å². The Morgan fingerprint density at radius 3 is 1.76 bits per heavy atom. The second-order valence-corrected chi connectivity index (χ2v) is 9.76. The highest BCUT2D eigenvalue weighted by Gasteiger charge is 2.29. The van der Waals surface area contributed by atoms with Gasteiger partial charge in [-0.05, 0) is 40.8 Å². The summed E-state index contributed by atoms with van der Waals surface area (Å²) in [4.78, 5) is 10.6. The number of fused-ring (bicyclic) bond motifs is 2. The van der Waals surface area contributed by atoms with Gasteiger partial charge in [-0.2, -0.15) is 0 Å². The molecule has 1 atom stereocenters. The van der Waals surface area contributed by atoms with Gasteiger partial charge in [0, 0.05) is 22.3 Å². The van der Waals surface area contributed by atoms with Crippen LogP contribution in [-0.4, -0.2) is 10.7 Å². The molecule has 1 aromatic heterocycles. The summed E-state index contributed by atoms with van der Waals surface area (Å²) in [6.07, 6.45) is 5.53. The van der Waals surface area contributed by atoms with Crippen LogP contribution in [0.25, 0.3) is 39.7 Å². The van der Waals surface area contributed by atoms with Gasteiger partial charge in [0.1, 0.15) is 0 Å². The number of aromatic nitrogens is 1. The van der Waals surface area contributed by atoms with Gasteiger partial charge >= 0.3 is 0 Å². The smallest absolute Gasteiger partial charge is 0.0933 e. The molecule has 4 aromatic carbocycles. The number of dihydropyridines is 1. The van der Waals surface area contributed by atoms with Crippen molar-refractivity contribution < 1.29 is 0 Å². The molecule has 0 fully saturated rings. The minimum absolute atomic E-state index is 0.152. The lowest BCUT2D eigenvalue weighted by Crippen LogP contribution is -2.38. The number of allylic oxidation sites excluding steroid dienone is 1. The zero-order valence-electron chi connectivity index (χ0n) is 21.0. The lowest BCUT2D eigenvalue weighted by atomic mass is 9.81. The number of hydrogen-bond acceptors (Lipinski definition) is 2. The Labute approximate surface area is 222 Å². The van der Waals surface area contributed by atoms with Gasteiger partial charge in [0.15, 0.2) is 0 Å². The SMILES string of the molecule is C1=C(c2ccccc2)C2CC=c3c(-c4ccccc4)cc(-c4ccccc4)nc3=C2N=C1c1ccccc1. The summed E-state index contributed by atoms with van der Waals surface area (Å²) in [5.74, 6) is 0.152. The number of pyridine rings is 1. The Morgan fingerprint density at radius 1 is 0.579 bits per heavy atom. The lowest BCUT2D eigenvalue weighted by molar-refractivity contribution is 0.851. The molecule has 180 valence electrons. The molecule has 7 rings (SSSR count). The van der Waals surface area contributed by atoms with Crippen molar-refractivity contribution >= 4 is 23.1 Å². The molecule has 0 radical (unpaired) electrons. The average Bonchev–Trinajstić information content (AvgIpc) is 3.01. The maximum absolute atomic E-state index is 5.34. The van der Waals surface area contributed by atoms with E-state index in [9.17, 15) is 0 Å². The van der Waals surface area contributed by atoms with Crippen LogP contribution in [-0.2, 0) is 0 Å². The third-order valence-corrected chi connectivity index (χ3v) is 7.43. The van der Waals surface area contributed by atoms with Gasteiger partial charge in [0.2, 0.25) is 0 Å². The van der Waals surface area contributed by atoms with Crippen molar-refractivity contribution in [2.45, 2.75) is 6.42 Å². The molecule has 2 heteroatoms. The number of rotatable bonds is 4. The van der Waals surface area contributed by atoms with E-state index >= 15 is 0 Å². The summed E-state index contributed by atoms with van der Waals surface area (Å²) in [5, 5.41) is 2.16. The monoisotopic (exact) mass is 486 g/mol. The summed E-state index contributed by atoms with van der Waals surface area (Å²) < 4.78 is 0. The van der Waals surface area contributed by atoms with E-state index in [0.29, 0.717) is 0 Å². The van der Waals surface area contributed by atoms with Gasteiger partial charge < -0.3 is 0 Å². The predicted octanol–water partition coefficient (Wildman–Crippen LogP) is 6.91. The van der Waals surface area contributed by atoms with E-state index in [4.69, 9.17) is 9.98 Å². The van der Waals surface area contributed by atoms with Gasteiger partial charge in [-0.1, -0.05) is 127 Å². The second-order valence-electron chi connectivity index (χ2n) is 9.76. The van der Waals surface area contributed by atoms with Gasteiger partial charge in [0.05, 0.1) is 22.5 Å². The van der Waals surface area contributed by atoms with Gasteiger partial charge in [-0.3, -0.25) is 0 Å². The predicted molar refractivity (Wildman–Crippen MR) is 158 cm³/mol. The summed E-state index contributed by atoms with van der Waals surface area (Å²) in [6.45, 7) is 0. The zero-order chi connectivity index (χ0) is 25.3. The molecule has 1 aliphatic carbocycles. The van der Waals surface area contributed by atoms with E-state index in [0.717, 1.165) is 40.0 Å². The Bertz CT molecular complexity index is 1800. The molecular weight excluding hydrogens is 460 g/mol. The van der Waals surface area contributed by atoms with E-state index in [2.05, 4.69) is 133 Å². The molecule has 0 N–H and O–H groups in total. The molecule has 5 aromatic rings. The molecule has 0 saturated carbocycles. The first-order chi connectivity index (χ1) is 18.8. The van der Waals surface area contributed by atoms with Crippen LogP contribution in [0.5, 0.6) is 0 Å². The first-order valence-corrected chi connectivity index (χ1v) is 13.1. The highest BCUT2D eigenvalue weighted by Crippen LogP contribution is 2.38. The normalized spacial score (nSPS) is 16.0. The molecule has 0 spiro atoms. The van der Waals surface area contributed by atoms with E-state index in [1.807, 2.05) is 6.07 Å². The largest absolute Gasteiger partial charge is 0.250 e. The van der Waals surface area contributed by atoms with E-state index in [-0.39, 0.29) is 5.92 Å². The summed E-state index contributed by atoms with van der Waals surface area (Å²) >= 11 is 0. The van der Waals surface area contributed by atoms with Crippen LogP contribution >= 0.6 is 0 Å². The van der Waals surface area contributed by atoms with Gasteiger partial charge in [-0.25, -0.2) is 9.98 Å². The van der Waals surface area contributed by atoms with Crippen LogP contribution in [0, 0.1) is 5.92 Å². The van der Waals surface area contributed by atoms with Crippen LogP contribution in [0.15, 0.2) is 138 Å². The van der Waals surface area contributed by atoms with E-state index in [1.54, 1.807) is 0 Å². The van der Waals surface area contributed by atoms with Gasteiger partial charge in [0.25, 0.3) is 0 Å². The summed E-state index contributed by atoms with van der Waals surface area (Å²) in [5.41, 5.74) is 10.2. The first kappa shape index (κ1) is 22.4. The quantitative estimate of drug-likeness (QED) is 0.271. The van der Waals surface area contributed by atoms with Crippen molar-refractivity contribution in [3.8, 4) is 22.4 Å². The Morgan fingerprint density at radius 2 is 1.13 bits per heavy atom. The fourth-order valence-electron chi connectivity index (χ4n) is 5.57. The number of nitrogens with zero attached hydrogens (tertiary/aromatic N) is 2. The fraction of sp³-hybridized carbons (Fsp3) is 0.0556. The topological polar surface area (TPSA) is 25.2 Å². The van der Waals surface area contributed by atoms with Crippen LogP contribution in [0.1, 0.15) is 17.5 Å². The average molecular weight is 487 g/mol. The Hall–Kier alpha value is -4.82. The maximum Gasteiger partial charge on any atom is 0.0933 e. The van der Waals surface area contributed by atoms with Crippen molar-refractivity contribution in [1.82, 2.24) is 4.98 Å². The van der Waals surface area contributed by atoms with E-state index in [1.165, 1.54) is 27.5 Å². The third kappa shape index (κ3) is 4.01. The zero-order valence-corrected chi connectivity index (χ0v) is 21.0. The highest BCUT2D eigenvalue weighted by molar-refractivity contribution is 6.16. The van der Waals surface area contributed by atoms with Crippen molar-refractivity contribution in [3.63, 3.8) is 0 Å². The lowest BCUT2D eigenvalue weighted by Gasteiger charge is -2.28. The Kier molecular flexibility index (Phi) is 5.64. The van der Waals surface area contributed by atoms with Crippen LogP contribution < -0.4 is 10.6 Å². The standard InChI is InChI=1S/C36H26N2/c1-5-13-25(14-6-1)31-23-33(27-17-9-3-10-18-27)37-35-29(31)21-22-30-32(26-15-7-2-8-16-26)24-34(38-36(30)35)28-19-11-4-12-20-28/h1-21,23-24,30H,22H2. The molecule has 2 heterocycles. The molecule has 0 bridgehead atoms. The maximum atomic E-state index is 5.34. The van der Waals surface area contributed by atoms with Crippen molar-refractivity contribution in [1.29, 1.82) is 0 Å². The van der Waals surface area contributed by atoms with Crippen molar-refractivity contribution in [2.24, 2.45) is 10.9 Å². The molecule has 1 aliphatic heterocycles. The number of benzene rings is 4. The number of hydrogen-bond donors (Lipinski definition) is 0. The third-order valence-electron chi connectivity index (χ3n) is 7.43. The molecule has 2 nitrogen and oxygen atoms in total. The summed E-state index contributed by atoms with van der Waals surface area (Å²) in [7, 11) is 0.